The van der Waals surface area contributed by atoms with Crippen molar-refractivity contribution in [3.05, 3.63) is 126 Å². The first-order valence-corrected chi connectivity index (χ1v) is 19.4. The van der Waals surface area contributed by atoms with E-state index in [1.807, 2.05) is 42.5 Å². The van der Waals surface area contributed by atoms with E-state index in [2.05, 4.69) is 35.9 Å². The lowest BCUT2D eigenvalue weighted by Gasteiger charge is -2.25. The third-order valence-electron chi connectivity index (χ3n) is 9.92. The number of rotatable bonds is 23. The quantitative estimate of drug-likeness (QED) is 0.0272. The Hall–Kier alpha value is -7.10. The Morgan fingerprint density at radius 1 is 0.729 bits per heavy atom. The molecule has 16 heteroatoms. The summed E-state index contributed by atoms with van der Waals surface area (Å²) in [7, 11) is 0. The molecular formula is C43H50N10O6. The van der Waals surface area contributed by atoms with Gasteiger partial charge in [-0.15, -0.1) is 0 Å². The van der Waals surface area contributed by atoms with E-state index in [0.29, 0.717) is 17.7 Å². The molecule has 16 nitrogen and oxygen atoms in total. The number of amides is 4. The van der Waals surface area contributed by atoms with Gasteiger partial charge in [-0.05, 0) is 48.6 Å². The van der Waals surface area contributed by atoms with Crippen molar-refractivity contribution >= 4 is 52.1 Å². The second kappa shape index (κ2) is 21.4. The van der Waals surface area contributed by atoms with Gasteiger partial charge in [0.2, 0.25) is 17.7 Å². The fourth-order valence-corrected chi connectivity index (χ4v) is 6.81. The van der Waals surface area contributed by atoms with Gasteiger partial charge in [0.25, 0.3) is 5.91 Å². The number of primary amides is 1. The van der Waals surface area contributed by atoms with Crippen molar-refractivity contribution in [2.24, 2.45) is 34.0 Å². The topological polar surface area (TPSA) is 273 Å². The molecule has 0 spiro atoms. The second-order valence-electron chi connectivity index (χ2n) is 14.4. The number of nitrogens with two attached hydrogens (primary N) is 3. The number of aliphatic imine (C=N–C) groups is 1. The molecule has 1 unspecified atom stereocenters. The molecule has 0 aliphatic carbocycles. The number of Topliss-reactive ketones (excluding diaryl/α,β-unsaturated/α-hetero) is 2. The van der Waals surface area contributed by atoms with Gasteiger partial charge in [0.15, 0.2) is 17.5 Å². The number of guanidine groups is 1. The fourth-order valence-electron chi connectivity index (χ4n) is 6.81. The van der Waals surface area contributed by atoms with E-state index >= 15 is 0 Å². The number of para-hydroxylation sites is 1. The number of fused-ring (bicyclic) bond motifs is 1. The monoisotopic (exact) mass is 802 g/mol. The van der Waals surface area contributed by atoms with Gasteiger partial charge < -0.3 is 43.1 Å². The van der Waals surface area contributed by atoms with E-state index in [4.69, 9.17) is 17.2 Å². The van der Waals surface area contributed by atoms with Crippen LogP contribution in [0.2, 0.25) is 0 Å². The number of hydrogen-bond acceptors (Lipinski definition) is 8. The molecule has 5 rings (SSSR count). The van der Waals surface area contributed by atoms with E-state index in [0.717, 1.165) is 22.0 Å². The minimum atomic E-state index is -1.10. The van der Waals surface area contributed by atoms with E-state index in [9.17, 15) is 28.8 Å². The molecule has 0 saturated carbocycles. The number of H-pyrrole nitrogens is 2. The van der Waals surface area contributed by atoms with Gasteiger partial charge in [-0.3, -0.25) is 33.8 Å². The molecular weight excluding hydrogens is 753 g/mol. The largest absolute Gasteiger partial charge is 0.370 e. The van der Waals surface area contributed by atoms with E-state index in [-0.39, 0.29) is 57.6 Å². The van der Waals surface area contributed by atoms with Gasteiger partial charge in [0.1, 0.15) is 6.04 Å². The number of hydrogen-bond donors (Lipinski definition) is 8. The lowest BCUT2D eigenvalue weighted by molar-refractivity contribution is -0.134. The minimum Gasteiger partial charge on any atom is -0.370 e. The van der Waals surface area contributed by atoms with Crippen LogP contribution >= 0.6 is 0 Å². The van der Waals surface area contributed by atoms with Gasteiger partial charge in [0.05, 0.1) is 24.8 Å². The van der Waals surface area contributed by atoms with Crippen LogP contribution in [0.5, 0.6) is 0 Å². The zero-order chi connectivity index (χ0) is 42.1. The summed E-state index contributed by atoms with van der Waals surface area (Å²) in [6, 6.07) is 22.8. The lowest BCUT2D eigenvalue weighted by Crippen LogP contribution is -2.50. The van der Waals surface area contributed by atoms with E-state index in [1.165, 1.54) is 12.5 Å². The number of carbonyl (C=O) groups excluding carboxylic acids is 6. The van der Waals surface area contributed by atoms with Crippen LogP contribution in [-0.2, 0) is 43.2 Å². The van der Waals surface area contributed by atoms with E-state index < -0.39 is 59.1 Å². The summed E-state index contributed by atoms with van der Waals surface area (Å²) >= 11 is 0. The van der Waals surface area contributed by atoms with Crippen molar-refractivity contribution in [2.75, 3.05) is 13.1 Å². The first kappa shape index (κ1) is 43.0. The Labute approximate surface area is 341 Å². The number of ketones is 2. The second-order valence-corrected chi connectivity index (χ2v) is 14.4. The molecule has 4 atom stereocenters. The summed E-state index contributed by atoms with van der Waals surface area (Å²) in [4.78, 5) is 95.1. The number of carbonyl (C=O) groups is 6. The Morgan fingerprint density at radius 2 is 1.41 bits per heavy atom. The maximum absolute atomic E-state index is 14.3. The molecule has 0 aliphatic rings. The van der Waals surface area contributed by atoms with Gasteiger partial charge in [-0.1, -0.05) is 66.7 Å². The van der Waals surface area contributed by atoms with Crippen LogP contribution in [0.4, 0.5) is 0 Å². The van der Waals surface area contributed by atoms with Crippen LogP contribution in [0.3, 0.4) is 0 Å². The van der Waals surface area contributed by atoms with Gasteiger partial charge in [-0.2, -0.15) is 0 Å². The predicted molar refractivity (Wildman–Crippen MR) is 222 cm³/mol. The van der Waals surface area contributed by atoms with Gasteiger partial charge >= 0.3 is 0 Å². The standard InChI is InChI=1S/C43H50N10O6/c44-39(56)37(21-31-23-49-35-16-8-7-15-34(31)35)53-41(58)29(14-9-17-48-43(45)46)22-38(55)36(18-27-10-3-1-4-11-27)52-42(59)30(19-32-24-47-26-51-32)20-33(54)25-50-40(57)28-12-5-2-6-13-28/h1-8,10-13,15-16,23-24,26,29-30,36-37,49H,9,14,17-22,25H2,(H2,44,56)(H,47,51)(H,50,57)(H,52,59)(H,53,58)(H4,45,46,48)/t29-,30-,36-,37?/m1/s1. The summed E-state index contributed by atoms with van der Waals surface area (Å²) in [6.07, 6.45) is 5.00. The van der Waals surface area contributed by atoms with E-state index in [1.54, 1.807) is 48.7 Å². The van der Waals surface area contributed by atoms with Crippen LogP contribution in [0.25, 0.3) is 10.9 Å². The SMILES string of the molecule is NC(=O)C(Cc1c[nH]c2ccccc12)NC(=O)[C@H](CCCN=C(N)N)CC(=O)[C@@H](Cc1ccccc1)NC(=O)[C@@H](CC(=O)CNC(=O)c1ccccc1)Cc1cnc[nH]1. The first-order chi connectivity index (χ1) is 28.5. The fraction of sp³-hybridized carbons (Fsp3) is 0.302. The van der Waals surface area contributed by atoms with Crippen LogP contribution in [0.1, 0.15) is 52.9 Å². The van der Waals surface area contributed by atoms with Crippen molar-refractivity contribution in [1.82, 2.24) is 30.9 Å². The molecule has 0 fully saturated rings. The average molecular weight is 803 g/mol. The van der Waals surface area contributed by atoms with Crippen molar-refractivity contribution in [3.8, 4) is 0 Å². The Balaban J connectivity index is 1.34. The molecule has 2 heterocycles. The molecule has 0 aliphatic heterocycles. The summed E-state index contributed by atoms with van der Waals surface area (Å²) in [5.41, 5.74) is 20.2. The highest BCUT2D eigenvalue weighted by Gasteiger charge is 2.32. The highest BCUT2D eigenvalue weighted by molar-refractivity contribution is 5.98. The van der Waals surface area contributed by atoms with Gasteiger partial charge in [-0.25, -0.2) is 4.98 Å². The highest BCUT2D eigenvalue weighted by atomic mass is 16.2. The van der Waals surface area contributed by atoms with Crippen molar-refractivity contribution in [2.45, 2.75) is 57.0 Å². The molecule has 5 aromatic rings. The Kier molecular flexibility index (Phi) is 15.6. The Bertz CT molecular complexity index is 2220. The molecule has 308 valence electrons. The number of nitrogens with one attached hydrogen (secondary N) is 5. The number of nitrogens with zero attached hydrogens (tertiary/aromatic N) is 2. The molecule has 4 amide bonds. The molecule has 59 heavy (non-hydrogen) atoms. The minimum absolute atomic E-state index is 0.0933. The summed E-state index contributed by atoms with van der Waals surface area (Å²) < 4.78 is 0. The third-order valence-corrected chi connectivity index (χ3v) is 9.92. The maximum atomic E-state index is 14.3. The highest BCUT2D eigenvalue weighted by Crippen LogP contribution is 2.21. The third kappa shape index (κ3) is 13.2. The lowest BCUT2D eigenvalue weighted by atomic mass is 9.89. The zero-order valence-electron chi connectivity index (χ0n) is 32.6. The van der Waals surface area contributed by atoms with Crippen molar-refractivity contribution < 1.29 is 28.8 Å². The first-order valence-electron chi connectivity index (χ1n) is 19.4. The molecule has 0 bridgehead atoms. The summed E-state index contributed by atoms with van der Waals surface area (Å²) in [5.74, 6) is -5.18. The summed E-state index contributed by atoms with van der Waals surface area (Å²) in [5, 5.41) is 9.13. The number of benzene rings is 3. The van der Waals surface area contributed by atoms with Crippen molar-refractivity contribution in [3.63, 3.8) is 0 Å². The molecule has 3 aromatic carbocycles. The van der Waals surface area contributed by atoms with Crippen LogP contribution in [0, 0.1) is 11.8 Å². The number of aromatic amines is 2. The van der Waals surface area contributed by atoms with Crippen molar-refractivity contribution in [1.29, 1.82) is 0 Å². The van der Waals surface area contributed by atoms with Crippen LogP contribution in [-0.4, -0.2) is 81.3 Å². The molecule has 2 aromatic heterocycles. The number of aromatic nitrogens is 3. The molecule has 0 saturated heterocycles. The van der Waals surface area contributed by atoms with Crippen LogP contribution in [0.15, 0.2) is 109 Å². The Morgan fingerprint density at radius 3 is 2.10 bits per heavy atom. The van der Waals surface area contributed by atoms with Gasteiger partial charge in [0, 0.05) is 72.7 Å². The average Bonchev–Trinajstić information content (AvgIpc) is 3.91. The normalized spacial score (nSPS) is 13.0. The van der Waals surface area contributed by atoms with Crippen LogP contribution < -0.4 is 33.2 Å². The zero-order valence-corrected chi connectivity index (χ0v) is 32.6. The predicted octanol–water partition coefficient (Wildman–Crippen LogP) is 2.01. The number of imidazole rings is 1. The molecule has 0 radical (unpaired) electrons. The summed E-state index contributed by atoms with van der Waals surface area (Å²) in [6.45, 7) is -0.121. The maximum Gasteiger partial charge on any atom is 0.251 e. The molecule has 11 N–H and O–H groups in total. The smallest absolute Gasteiger partial charge is 0.251 e.